The lowest BCUT2D eigenvalue weighted by Crippen LogP contribution is -2.51. The lowest BCUT2D eigenvalue weighted by atomic mass is 9.79. The highest BCUT2D eigenvalue weighted by Gasteiger charge is 2.47. The third-order valence-corrected chi connectivity index (χ3v) is 21.9. The summed E-state index contributed by atoms with van der Waals surface area (Å²) in [7, 11) is 1.82. The van der Waals surface area contributed by atoms with Crippen molar-refractivity contribution in [3.05, 3.63) is 92.9 Å². The van der Waals surface area contributed by atoms with Gasteiger partial charge in [-0.15, -0.1) is 0 Å². The Labute approximate surface area is 783 Å². The smallest absolute Gasteiger partial charge is 0.323 e. The number of esters is 4. The second-order valence-electron chi connectivity index (χ2n) is 31.8. The van der Waals surface area contributed by atoms with Gasteiger partial charge in [-0.25, -0.2) is 0 Å². The lowest BCUT2D eigenvalue weighted by molar-refractivity contribution is -0.161. The van der Waals surface area contributed by atoms with E-state index in [0.29, 0.717) is 11.1 Å². The van der Waals surface area contributed by atoms with Crippen molar-refractivity contribution in [2.24, 2.45) is 93.9 Å². The molecule has 12 rings (SSSR count). The van der Waals surface area contributed by atoms with Crippen LogP contribution in [0.4, 0.5) is 0 Å². The topological polar surface area (TPSA) is 296 Å². The maximum Gasteiger partial charge on any atom is 0.323 e. The number of nitrogens with two attached hydrogens (primary N) is 4. The number of carbonyl (C=O) groups is 4. The molecule has 0 amide bonds. The number of fused-ring (bicyclic) bond motifs is 12. The minimum Gasteiger partial charge on any atom is -0.493 e. The number of benzene rings is 4. The monoisotopic (exact) mass is 1720 g/mol. The zero-order valence-corrected chi connectivity index (χ0v) is 71.7. The van der Waals surface area contributed by atoms with Crippen molar-refractivity contribution in [1.82, 2.24) is 19.6 Å². The highest BCUT2D eigenvalue weighted by atomic mass is 16.6. The van der Waals surface area contributed by atoms with Crippen molar-refractivity contribution in [3.8, 4) is 46.0 Å². The summed E-state index contributed by atoms with van der Waals surface area (Å²) in [4.78, 5) is 57.2. The van der Waals surface area contributed by atoms with E-state index in [2.05, 4.69) is 0 Å². The standard InChI is InChI=1S/4C24H38N2O4/c4*1-14(2)9-17-13-26-8-7-16-10-21(28-5)22(29-6)11-18(16)19(26)12-20(17)30-24(27)23(25)15(3)4/h4*10-11,14-15,17,19-20,23H,7-9,12-13,25H2,1-6H3/t4*17?,19?,20?,23-/m0000/s1/i1D3,5D3,9D2,10D,11D,14D,19D,20D;1D3,9D2,10D,11D,14D,19D,20D;1D3,5D3,7D2,8D2,9D2,14D;1D3,7D2,8D2,9D2,14D/t4*14?,17?,19?,20?,23-. The Kier molecular flexibility index (Phi) is 18.6. The van der Waals surface area contributed by atoms with Crippen LogP contribution in [0, 0.1) is 70.9 Å². The summed E-state index contributed by atoms with van der Waals surface area (Å²) in [6.07, 6.45) is -26.9. The molecule has 120 heavy (non-hydrogen) atoms. The van der Waals surface area contributed by atoms with Gasteiger partial charge in [0.1, 0.15) is 48.5 Å². The average Bonchev–Trinajstić information content (AvgIpc) is 0.703. The van der Waals surface area contributed by atoms with Gasteiger partial charge >= 0.3 is 23.9 Å². The van der Waals surface area contributed by atoms with Gasteiger partial charge in [0.25, 0.3) is 0 Å². The molecular weight excluding hydrogens is 1520 g/mol. The Hall–Kier alpha value is -7.16. The van der Waals surface area contributed by atoms with Crippen LogP contribution in [-0.2, 0) is 63.7 Å². The normalized spacial score (nSPS) is 37.7. The predicted octanol–water partition coefficient (Wildman–Crippen LogP) is 14.3. The number of methoxy groups -OCH3 is 8. The van der Waals surface area contributed by atoms with Crippen LogP contribution in [-0.4, -0.2) is 201 Å². The molecule has 0 aliphatic carbocycles. The van der Waals surface area contributed by atoms with Crippen molar-refractivity contribution in [3.63, 3.8) is 0 Å². The number of piperidine rings is 4. The summed E-state index contributed by atoms with van der Waals surface area (Å²) in [5.74, 6) is -23.9. The molecule has 8 aliphatic rings. The van der Waals surface area contributed by atoms with Gasteiger partial charge in [-0.1, -0.05) is 110 Å². The van der Waals surface area contributed by atoms with Gasteiger partial charge in [0.05, 0.1) is 75.9 Å². The van der Waals surface area contributed by atoms with Crippen LogP contribution in [0.2, 0.25) is 0 Å². The molecular formula is C96H152N8O16. The van der Waals surface area contributed by atoms with E-state index < -0.39 is 311 Å². The summed E-state index contributed by atoms with van der Waals surface area (Å²) >= 11 is 0. The molecule has 24 nitrogen and oxygen atoms in total. The summed E-state index contributed by atoms with van der Waals surface area (Å²) < 4.78 is 452. The van der Waals surface area contributed by atoms with Crippen molar-refractivity contribution >= 4 is 23.9 Å². The molecule has 4 aromatic rings. The van der Waals surface area contributed by atoms with Crippen LogP contribution in [0.15, 0.2) is 48.4 Å². The molecule has 4 fully saturated rings. The maximum atomic E-state index is 13.1. The average molecular weight is 1720 g/mol. The number of hydrogen-bond donors (Lipinski definition) is 4. The number of rotatable bonds is 28. The van der Waals surface area contributed by atoms with Gasteiger partial charge in [-0.3, -0.25) is 38.8 Å². The van der Waals surface area contributed by atoms with Crippen LogP contribution >= 0.6 is 0 Å². The minimum absolute atomic E-state index is 0.00496. The fourth-order valence-corrected chi connectivity index (χ4v) is 15.0. The van der Waals surface area contributed by atoms with E-state index in [1.807, 2.05) is 0 Å². The molecule has 0 radical (unpaired) electrons. The van der Waals surface area contributed by atoms with Gasteiger partial charge in [0.15, 0.2) is 46.0 Å². The first-order chi connectivity index (χ1) is 74.7. The SMILES string of the molecule is [2H]C([2H])([2H])C([2H])(C)C([2H])([2H])C1CN2C(CC1OC(=O)[C@@H](N)C(C)C)c1cc(OC)c(OC)cc1C([2H])([2H])C2([2H])[2H].[2H]C([2H])([2H])Oc1cc2c(cc1OC)C1CC(OC(=O)[C@@H](N)C(C)C)C(C([2H])([2H])C([2H])(C)C([2H])([2H])[2H])CN1C([2H])([2H])C2([2H])[2H].[2H]c1c2c(c([2H])c(OC)c1OC([2H])([2H])[2H])C1([2H])CC([2H])(OC(=O)[C@@H](N)C(C)C)C(C([2H])([2H])C([2H])(C)C([2H])([2H])[2H])CN1CC2.[2H]c1c2c(c([2H])c(OC)c1OC)C1([2H])CC([2H])(OC(=O)[C@@H](N)C(C)C)C(C([2H])([2H])C([2H])(C)C([2H])([2H])[2H])CN1CC2. The zero-order valence-electron chi connectivity index (χ0n) is 118. The molecule has 4 aromatic carbocycles. The fraction of sp³-hybridized carbons (Fsp3) is 0.708. The second kappa shape index (κ2) is 43.9. The molecule has 0 saturated carbocycles. The highest BCUT2D eigenvalue weighted by Crippen LogP contribution is 2.50. The Morgan fingerprint density at radius 3 is 1.04 bits per heavy atom. The number of carbonyl (C=O) groups excluding carboxylic acids is 4. The number of hydrogen-bond acceptors (Lipinski definition) is 24. The summed E-state index contributed by atoms with van der Waals surface area (Å²) in [5.41, 5.74) is 24.4. The minimum atomic E-state index is -3.15. The fourth-order valence-electron chi connectivity index (χ4n) is 15.0. The number of ether oxygens (including phenoxy) is 12. The lowest BCUT2D eigenvalue weighted by Gasteiger charge is -2.47. The molecule has 20 atom stereocenters. The van der Waals surface area contributed by atoms with E-state index in [4.69, 9.17) is 137 Å². The third kappa shape index (κ3) is 23.8. The van der Waals surface area contributed by atoms with Gasteiger partial charge in [0, 0.05) is 170 Å². The Morgan fingerprint density at radius 1 is 0.408 bits per heavy atom. The van der Waals surface area contributed by atoms with E-state index in [-0.39, 0.29) is 131 Å². The van der Waals surface area contributed by atoms with Crippen LogP contribution < -0.4 is 60.8 Å². The molecule has 672 valence electrons. The van der Waals surface area contributed by atoms with E-state index in [9.17, 15) is 24.7 Å². The van der Waals surface area contributed by atoms with E-state index in [1.165, 1.54) is 63.5 Å². The van der Waals surface area contributed by atoms with Crippen LogP contribution in [0.3, 0.4) is 0 Å². The second-order valence-corrected chi connectivity index (χ2v) is 31.8. The zero-order chi connectivity index (χ0) is 128. The first-order valence-electron chi connectivity index (χ1n) is 62.9. The van der Waals surface area contributed by atoms with Gasteiger partial charge < -0.3 is 79.8 Å². The van der Waals surface area contributed by atoms with Crippen molar-refractivity contribution in [2.45, 2.75) is 260 Å². The van der Waals surface area contributed by atoms with Gasteiger partial charge in [-0.05, 0) is 191 Å². The first kappa shape index (κ1) is 50.7. The molecule has 4 saturated heterocycles. The molecule has 8 aliphatic heterocycles. The number of nitrogens with zero attached hydrogens (tertiary/aromatic N) is 4. The van der Waals surface area contributed by atoms with Crippen molar-refractivity contribution in [2.75, 3.05) is 109 Å². The molecule has 0 spiro atoms. The Morgan fingerprint density at radius 2 is 0.708 bits per heavy atom. The van der Waals surface area contributed by atoms with Crippen LogP contribution in [0.25, 0.3) is 0 Å². The molecule has 8 N–H and O–H groups in total. The summed E-state index contributed by atoms with van der Waals surface area (Å²) in [5, 5.41) is 0. The summed E-state index contributed by atoms with van der Waals surface area (Å²) in [6.45, 7) is -3.24. The maximum absolute atomic E-state index is 13.1. The Balaban J connectivity index is 0.000000243. The molecule has 16 unspecified atom stereocenters. The third-order valence-electron chi connectivity index (χ3n) is 21.9. The van der Waals surface area contributed by atoms with Crippen LogP contribution in [0.1, 0.15) is 293 Å². The molecule has 0 aromatic heterocycles. The summed E-state index contributed by atoms with van der Waals surface area (Å²) in [6, 6.07) is -6.77. The van der Waals surface area contributed by atoms with E-state index >= 15 is 0 Å². The first-order valence-corrected chi connectivity index (χ1v) is 39.9. The van der Waals surface area contributed by atoms with Crippen molar-refractivity contribution < 1.29 is 139 Å². The quantitative estimate of drug-likeness (QED) is 0.0303. The largest absolute Gasteiger partial charge is 0.493 e. The molecule has 8 heterocycles. The predicted molar refractivity (Wildman–Crippen MR) is 471 cm³/mol. The van der Waals surface area contributed by atoms with Crippen LogP contribution in [0.5, 0.6) is 46.0 Å². The van der Waals surface area contributed by atoms with Gasteiger partial charge in [0.2, 0.25) is 0 Å². The molecule has 0 bridgehead atoms. The highest BCUT2D eigenvalue weighted by molar-refractivity contribution is 5.77. The molecule has 24 heteroatoms. The Bertz CT molecular complexity index is 6210. The van der Waals surface area contributed by atoms with Gasteiger partial charge in [-0.2, -0.15) is 0 Å². The van der Waals surface area contributed by atoms with E-state index in [0.717, 1.165) is 50.7 Å². The van der Waals surface area contributed by atoms with E-state index in [1.54, 1.807) is 55.4 Å². The van der Waals surface area contributed by atoms with Crippen molar-refractivity contribution in [1.29, 1.82) is 0 Å². The number of aryl methyl sites for hydroxylation is 2.